The fourth-order valence-electron chi connectivity index (χ4n) is 3.12. The third-order valence-corrected chi connectivity index (χ3v) is 5.17. The predicted molar refractivity (Wildman–Crippen MR) is 113 cm³/mol. The second kappa shape index (κ2) is 19.1. The zero-order chi connectivity index (χ0) is 16.6. The summed E-state index contributed by atoms with van der Waals surface area (Å²) in [5.41, 5.74) is 0. The van der Waals surface area contributed by atoms with E-state index in [0.29, 0.717) is 11.4 Å². The lowest BCUT2D eigenvalue weighted by atomic mass is 9.99. The van der Waals surface area contributed by atoms with Gasteiger partial charge in [0.05, 0.1) is 0 Å². The van der Waals surface area contributed by atoms with Crippen LogP contribution >= 0.6 is 28.6 Å². The molecule has 0 aliphatic heterocycles. The number of hydrogen-bond acceptors (Lipinski definition) is 1. The largest absolute Gasteiger partial charge is 0.306 e. The molecule has 142 valence electrons. The van der Waals surface area contributed by atoms with Gasteiger partial charge in [-0.15, -0.1) is 28.6 Å². The van der Waals surface area contributed by atoms with E-state index in [4.69, 9.17) is 11.6 Å². The predicted octanol–water partition coefficient (Wildman–Crippen LogP) is 7.60. The number of hydrogen-bond donors (Lipinski definition) is 0. The second-order valence-electron chi connectivity index (χ2n) is 7.21. The molecule has 0 amide bonds. The summed E-state index contributed by atoms with van der Waals surface area (Å²) in [6, 6.07) is 0.670. The molecule has 0 aromatic heterocycles. The van der Waals surface area contributed by atoms with Crippen LogP contribution in [-0.4, -0.2) is 30.4 Å². The molecule has 0 aliphatic rings. The lowest BCUT2D eigenvalue weighted by molar-refractivity contribution is 0.253. The standard InChI is InChI=1S/C20H42ClN.BrH/c1-5-7-9-10-11-12-13-14-15-17-20(22(3)4)18-19(21)16-8-6-2;/h19-20H,5-18H2,1-4H3;1H. The molecule has 0 saturated carbocycles. The molecule has 1 nitrogen and oxygen atoms in total. The van der Waals surface area contributed by atoms with Gasteiger partial charge in [0.15, 0.2) is 0 Å². The Kier molecular flexibility index (Phi) is 21.5. The van der Waals surface area contributed by atoms with E-state index < -0.39 is 0 Å². The summed E-state index contributed by atoms with van der Waals surface area (Å²) in [4.78, 5) is 2.38. The van der Waals surface area contributed by atoms with Gasteiger partial charge in [-0.05, 0) is 33.4 Å². The fourth-order valence-corrected chi connectivity index (χ4v) is 3.48. The van der Waals surface area contributed by atoms with Crippen molar-refractivity contribution in [1.82, 2.24) is 4.90 Å². The molecule has 0 fully saturated rings. The molecule has 0 radical (unpaired) electrons. The van der Waals surface area contributed by atoms with Crippen molar-refractivity contribution in [3.63, 3.8) is 0 Å². The molecule has 0 N–H and O–H groups in total. The first kappa shape index (κ1) is 26.0. The average Bonchev–Trinajstić information content (AvgIpc) is 2.49. The van der Waals surface area contributed by atoms with Gasteiger partial charge in [-0.2, -0.15) is 0 Å². The van der Waals surface area contributed by atoms with E-state index in [-0.39, 0.29) is 17.0 Å². The normalized spacial score (nSPS) is 13.8. The van der Waals surface area contributed by atoms with Gasteiger partial charge in [-0.25, -0.2) is 0 Å². The van der Waals surface area contributed by atoms with E-state index in [1.807, 2.05) is 0 Å². The highest BCUT2D eigenvalue weighted by Gasteiger charge is 2.16. The number of rotatable bonds is 16. The zero-order valence-corrected chi connectivity index (χ0v) is 18.8. The maximum atomic E-state index is 6.49. The second-order valence-corrected chi connectivity index (χ2v) is 7.83. The molecule has 0 bridgehead atoms. The first-order valence-electron chi connectivity index (χ1n) is 9.92. The van der Waals surface area contributed by atoms with Crippen LogP contribution in [0.2, 0.25) is 0 Å². The smallest absolute Gasteiger partial charge is 0.0350 e. The van der Waals surface area contributed by atoms with Gasteiger partial charge in [0.1, 0.15) is 0 Å². The SMILES string of the molecule is Br.CCCCCCCCCCCC(CC(Cl)CCCC)N(C)C. The Morgan fingerprint density at radius 1 is 0.696 bits per heavy atom. The maximum absolute atomic E-state index is 6.49. The van der Waals surface area contributed by atoms with Gasteiger partial charge in [-0.3, -0.25) is 0 Å². The van der Waals surface area contributed by atoms with Gasteiger partial charge in [0.2, 0.25) is 0 Å². The first-order valence-corrected chi connectivity index (χ1v) is 10.4. The van der Waals surface area contributed by atoms with Crippen molar-refractivity contribution < 1.29 is 0 Å². The van der Waals surface area contributed by atoms with Crippen LogP contribution in [0.15, 0.2) is 0 Å². The van der Waals surface area contributed by atoms with Crippen molar-refractivity contribution in [3.8, 4) is 0 Å². The molecule has 0 aromatic carbocycles. The van der Waals surface area contributed by atoms with Crippen LogP contribution in [0.3, 0.4) is 0 Å². The highest BCUT2D eigenvalue weighted by molar-refractivity contribution is 8.93. The van der Waals surface area contributed by atoms with Crippen LogP contribution < -0.4 is 0 Å². The summed E-state index contributed by atoms with van der Waals surface area (Å²) in [7, 11) is 4.42. The minimum absolute atomic E-state index is 0. The van der Waals surface area contributed by atoms with Crippen molar-refractivity contribution in [2.24, 2.45) is 0 Å². The van der Waals surface area contributed by atoms with Crippen molar-refractivity contribution in [1.29, 1.82) is 0 Å². The Balaban J connectivity index is 0. The van der Waals surface area contributed by atoms with E-state index >= 15 is 0 Å². The van der Waals surface area contributed by atoms with Gasteiger partial charge >= 0.3 is 0 Å². The third kappa shape index (κ3) is 17.3. The summed E-state index contributed by atoms with van der Waals surface area (Å²) in [6.45, 7) is 4.53. The summed E-state index contributed by atoms with van der Waals surface area (Å²) in [5, 5.41) is 0.367. The minimum Gasteiger partial charge on any atom is -0.306 e. The van der Waals surface area contributed by atoms with Crippen LogP contribution in [0.4, 0.5) is 0 Å². The summed E-state index contributed by atoms with van der Waals surface area (Å²) < 4.78 is 0. The topological polar surface area (TPSA) is 3.24 Å². The summed E-state index contributed by atoms with van der Waals surface area (Å²) >= 11 is 6.49. The molecule has 2 unspecified atom stereocenters. The number of unbranched alkanes of at least 4 members (excludes halogenated alkanes) is 9. The van der Waals surface area contributed by atoms with E-state index in [1.165, 1.54) is 83.5 Å². The molecule has 3 heteroatoms. The van der Waals surface area contributed by atoms with Crippen molar-refractivity contribution in [2.45, 2.75) is 115 Å². The quantitative estimate of drug-likeness (QED) is 0.186. The molecular formula is C20H43BrClN. The molecule has 0 aromatic rings. The van der Waals surface area contributed by atoms with E-state index in [9.17, 15) is 0 Å². The Morgan fingerprint density at radius 3 is 1.65 bits per heavy atom. The van der Waals surface area contributed by atoms with Gasteiger partial charge in [-0.1, -0.05) is 84.5 Å². The lowest BCUT2D eigenvalue weighted by Crippen LogP contribution is -2.30. The first-order chi connectivity index (χ1) is 10.6. The number of nitrogens with zero attached hydrogens (tertiary/aromatic N) is 1. The highest BCUT2D eigenvalue weighted by Crippen LogP contribution is 2.20. The van der Waals surface area contributed by atoms with Gasteiger partial charge < -0.3 is 4.90 Å². The molecular weight excluding hydrogens is 370 g/mol. The van der Waals surface area contributed by atoms with Crippen LogP contribution in [0.1, 0.15) is 104 Å². The zero-order valence-electron chi connectivity index (χ0n) is 16.3. The Bertz CT molecular complexity index is 224. The highest BCUT2D eigenvalue weighted by atomic mass is 79.9. The average molecular weight is 413 g/mol. The molecule has 0 rings (SSSR count). The Morgan fingerprint density at radius 2 is 1.17 bits per heavy atom. The van der Waals surface area contributed by atoms with Gasteiger partial charge in [0.25, 0.3) is 0 Å². The van der Waals surface area contributed by atoms with Crippen LogP contribution in [0.5, 0.6) is 0 Å². The van der Waals surface area contributed by atoms with Crippen molar-refractivity contribution >= 4 is 28.6 Å². The molecule has 0 aliphatic carbocycles. The van der Waals surface area contributed by atoms with E-state index in [0.717, 1.165) is 6.42 Å². The summed E-state index contributed by atoms with van der Waals surface area (Å²) in [6.07, 6.45) is 18.9. The van der Waals surface area contributed by atoms with Crippen molar-refractivity contribution in [2.75, 3.05) is 14.1 Å². The molecule has 0 saturated heterocycles. The fraction of sp³-hybridized carbons (Fsp3) is 1.00. The van der Waals surface area contributed by atoms with E-state index in [2.05, 4.69) is 32.8 Å². The molecule has 0 heterocycles. The van der Waals surface area contributed by atoms with E-state index in [1.54, 1.807) is 0 Å². The third-order valence-electron chi connectivity index (χ3n) is 4.77. The number of alkyl halides is 1. The lowest BCUT2D eigenvalue weighted by Gasteiger charge is -2.26. The molecule has 2 atom stereocenters. The minimum atomic E-state index is 0. The Hall–Kier alpha value is 0.730. The van der Waals surface area contributed by atoms with Crippen molar-refractivity contribution in [3.05, 3.63) is 0 Å². The van der Waals surface area contributed by atoms with Crippen LogP contribution in [0, 0.1) is 0 Å². The molecule has 0 spiro atoms. The number of halogens is 2. The summed E-state index contributed by atoms with van der Waals surface area (Å²) in [5.74, 6) is 0. The monoisotopic (exact) mass is 411 g/mol. The molecule has 23 heavy (non-hydrogen) atoms. The maximum Gasteiger partial charge on any atom is 0.0350 e. The van der Waals surface area contributed by atoms with Crippen LogP contribution in [0.25, 0.3) is 0 Å². The van der Waals surface area contributed by atoms with Gasteiger partial charge in [0, 0.05) is 11.4 Å². The Labute approximate surface area is 162 Å². The van der Waals surface area contributed by atoms with Crippen LogP contribution in [-0.2, 0) is 0 Å².